The third kappa shape index (κ3) is 3.51. The van der Waals surface area contributed by atoms with Gasteiger partial charge in [0.2, 0.25) is 5.91 Å². The van der Waals surface area contributed by atoms with Crippen LogP contribution in [-0.4, -0.2) is 34.5 Å². The van der Waals surface area contributed by atoms with Crippen molar-refractivity contribution in [2.24, 2.45) is 5.92 Å². The number of carboxylic acid groups (broad SMARTS) is 1. The first kappa shape index (κ1) is 15.3. The minimum atomic E-state index is -0.922. The smallest absolute Gasteiger partial charge is 0.326 e. The van der Waals surface area contributed by atoms with Crippen LogP contribution < -0.4 is 0 Å². The summed E-state index contributed by atoms with van der Waals surface area (Å²) in [6.07, 6.45) is 4.93. The average molecular weight is 287 g/mol. The van der Waals surface area contributed by atoms with E-state index in [1.54, 1.807) is 6.08 Å². The molecule has 0 spiro atoms. The molecule has 1 saturated heterocycles. The Kier molecular flexibility index (Phi) is 4.78. The molecule has 1 aromatic carbocycles. The molecule has 1 aromatic rings. The second kappa shape index (κ2) is 6.57. The van der Waals surface area contributed by atoms with E-state index in [-0.39, 0.29) is 11.8 Å². The number of hydrogen-bond acceptors (Lipinski definition) is 2. The van der Waals surface area contributed by atoms with Crippen LogP contribution in [0.25, 0.3) is 6.08 Å². The van der Waals surface area contributed by atoms with Gasteiger partial charge in [0.15, 0.2) is 0 Å². The van der Waals surface area contributed by atoms with Gasteiger partial charge in [-0.15, -0.1) is 0 Å². The number of carbonyl (C=O) groups is 2. The fraction of sp³-hybridized carbons (Fsp3) is 0.412. The van der Waals surface area contributed by atoms with E-state index in [1.165, 1.54) is 16.5 Å². The molecule has 4 nitrogen and oxygen atoms in total. The van der Waals surface area contributed by atoms with Gasteiger partial charge in [-0.3, -0.25) is 4.79 Å². The lowest BCUT2D eigenvalue weighted by molar-refractivity contribution is -0.147. The minimum Gasteiger partial charge on any atom is -0.480 e. The van der Waals surface area contributed by atoms with E-state index >= 15 is 0 Å². The highest BCUT2D eigenvalue weighted by Gasteiger charge is 2.38. The molecular weight excluding hydrogens is 266 g/mol. The number of benzene rings is 1. The number of carbonyl (C=O) groups excluding carboxylic acids is 1. The van der Waals surface area contributed by atoms with Gasteiger partial charge in [0.05, 0.1) is 0 Å². The lowest BCUT2D eigenvalue weighted by Crippen LogP contribution is -2.42. The first-order valence-corrected chi connectivity index (χ1v) is 7.33. The fourth-order valence-corrected chi connectivity index (χ4v) is 2.70. The number of aryl methyl sites for hydroxylation is 1. The van der Waals surface area contributed by atoms with Gasteiger partial charge in [-0.25, -0.2) is 4.79 Å². The Morgan fingerprint density at radius 1 is 1.33 bits per heavy atom. The van der Waals surface area contributed by atoms with Gasteiger partial charge in [0.25, 0.3) is 0 Å². The van der Waals surface area contributed by atoms with Crippen molar-refractivity contribution >= 4 is 18.0 Å². The summed E-state index contributed by atoms with van der Waals surface area (Å²) in [7, 11) is 0. The lowest BCUT2D eigenvalue weighted by atomic mass is 10.0. The highest BCUT2D eigenvalue weighted by atomic mass is 16.4. The van der Waals surface area contributed by atoms with E-state index in [4.69, 9.17) is 0 Å². The molecule has 21 heavy (non-hydrogen) atoms. The van der Waals surface area contributed by atoms with Crippen molar-refractivity contribution in [2.45, 2.75) is 32.7 Å². The molecule has 1 N–H and O–H groups in total. The standard InChI is InChI=1S/C17H21NO3/c1-3-13-4-6-14(7-5-13)8-9-15(19)18-11-10-12(2)16(18)17(20)21/h4-9,12,16H,3,10-11H2,1-2H3,(H,20,21)/b9-8+. The van der Waals surface area contributed by atoms with Crippen molar-refractivity contribution in [3.05, 3.63) is 41.5 Å². The maximum absolute atomic E-state index is 12.2. The molecule has 0 radical (unpaired) electrons. The summed E-state index contributed by atoms with van der Waals surface area (Å²) < 4.78 is 0. The number of likely N-dealkylation sites (tertiary alicyclic amines) is 1. The Balaban J connectivity index is 2.06. The highest BCUT2D eigenvalue weighted by molar-refractivity contribution is 5.94. The number of aliphatic carboxylic acids is 1. The Labute approximate surface area is 125 Å². The summed E-state index contributed by atoms with van der Waals surface area (Å²) >= 11 is 0. The summed E-state index contributed by atoms with van der Waals surface area (Å²) in [5.74, 6) is -1.15. The zero-order chi connectivity index (χ0) is 15.4. The van der Waals surface area contributed by atoms with Crippen molar-refractivity contribution in [3.8, 4) is 0 Å². The van der Waals surface area contributed by atoms with E-state index in [2.05, 4.69) is 6.92 Å². The largest absolute Gasteiger partial charge is 0.480 e. The molecule has 0 bridgehead atoms. The van der Waals surface area contributed by atoms with Crippen LogP contribution in [0.2, 0.25) is 0 Å². The number of rotatable bonds is 4. The van der Waals surface area contributed by atoms with Gasteiger partial charge in [-0.05, 0) is 36.0 Å². The number of hydrogen-bond donors (Lipinski definition) is 1. The summed E-state index contributed by atoms with van der Waals surface area (Å²) in [5, 5.41) is 9.23. The van der Waals surface area contributed by atoms with Crippen LogP contribution in [0.1, 0.15) is 31.4 Å². The van der Waals surface area contributed by atoms with Crippen LogP contribution >= 0.6 is 0 Å². The van der Waals surface area contributed by atoms with Crippen LogP contribution in [-0.2, 0) is 16.0 Å². The molecule has 0 saturated carbocycles. The van der Waals surface area contributed by atoms with E-state index in [0.717, 1.165) is 18.4 Å². The van der Waals surface area contributed by atoms with Gasteiger partial charge >= 0.3 is 5.97 Å². The Morgan fingerprint density at radius 3 is 2.57 bits per heavy atom. The van der Waals surface area contributed by atoms with E-state index < -0.39 is 12.0 Å². The maximum atomic E-state index is 12.2. The van der Waals surface area contributed by atoms with Gasteiger partial charge in [0.1, 0.15) is 6.04 Å². The van der Waals surface area contributed by atoms with Crippen LogP contribution in [0.3, 0.4) is 0 Å². The summed E-state index contributed by atoms with van der Waals surface area (Å²) in [5.41, 5.74) is 2.19. The van der Waals surface area contributed by atoms with Crippen LogP contribution in [0, 0.1) is 5.92 Å². The summed E-state index contributed by atoms with van der Waals surface area (Å²) in [6.45, 7) is 4.48. The Bertz CT molecular complexity index is 548. The minimum absolute atomic E-state index is 0.00341. The number of amides is 1. The molecule has 4 heteroatoms. The van der Waals surface area contributed by atoms with E-state index in [9.17, 15) is 14.7 Å². The molecule has 2 rings (SSSR count). The van der Waals surface area contributed by atoms with Gasteiger partial charge < -0.3 is 10.0 Å². The third-order valence-electron chi connectivity index (χ3n) is 4.04. The number of carboxylic acids is 1. The SMILES string of the molecule is CCc1ccc(/C=C/C(=O)N2CCC(C)C2C(=O)O)cc1. The van der Waals surface area contributed by atoms with Crippen LogP contribution in [0.5, 0.6) is 0 Å². The average Bonchev–Trinajstić information content (AvgIpc) is 2.87. The topological polar surface area (TPSA) is 57.6 Å². The van der Waals surface area contributed by atoms with Crippen molar-refractivity contribution < 1.29 is 14.7 Å². The summed E-state index contributed by atoms with van der Waals surface area (Å²) in [6, 6.07) is 7.28. The van der Waals surface area contributed by atoms with Crippen molar-refractivity contribution in [1.82, 2.24) is 4.90 Å². The molecule has 1 fully saturated rings. The number of nitrogens with zero attached hydrogens (tertiary/aromatic N) is 1. The van der Waals surface area contributed by atoms with Gasteiger partial charge in [0, 0.05) is 12.6 Å². The van der Waals surface area contributed by atoms with Crippen molar-refractivity contribution in [2.75, 3.05) is 6.54 Å². The highest BCUT2D eigenvalue weighted by Crippen LogP contribution is 2.24. The monoisotopic (exact) mass is 287 g/mol. The molecular formula is C17H21NO3. The molecule has 1 heterocycles. The van der Waals surface area contributed by atoms with Crippen molar-refractivity contribution in [3.63, 3.8) is 0 Å². The maximum Gasteiger partial charge on any atom is 0.326 e. The third-order valence-corrected chi connectivity index (χ3v) is 4.04. The molecule has 2 atom stereocenters. The van der Waals surface area contributed by atoms with E-state index in [0.29, 0.717) is 6.54 Å². The molecule has 1 aliphatic heterocycles. The molecule has 1 aliphatic rings. The Morgan fingerprint density at radius 2 is 2.00 bits per heavy atom. The van der Waals surface area contributed by atoms with Crippen LogP contribution in [0.15, 0.2) is 30.3 Å². The molecule has 0 aromatic heterocycles. The van der Waals surface area contributed by atoms with Gasteiger partial charge in [-0.2, -0.15) is 0 Å². The first-order chi connectivity index (χ1) is 10.0. The van der Waals surface area contributed by atoms with Gasteiger partial charge in [-0.1, -0.05) is 38.1 Å². The zero-order valence-electron chi connectivity index (χ0n) is 12.5. The lowest BCUT2D eigenvalue weighted by Gasteiger charge is -2.21. The zero-order valence-corrected chi connectivity index (χ0v) is 12.5. The quantitative estimate of drug-likeness (QED) is 0.866. The fourth-order valence-electron chi connectivity index (χ4n) is 2.70. The van der Waals surface area contributed by atoms with E-state index in [1.807, 2.05) is 31.2 Å². The second-order valence-electron chi connectivity index (χ2n) is 5.51. The first-order valence-electron chi connectivity index (χ1n) is 7.33. The molecule has 1 amide bonds. The summed E-state index contributed by atoms with van der Waals surface area (Å²) in [4.78, 5) is 24.9. The predicted octanol–water partition coefficient (Wildman–Crippen LogP) is 2.58. The predicted molar refractivity (Wildman–Crippen MR) is 81.8 cm³/mol. The second-order valence-corrected chi connectivity index (χ2v) is 5.51. The molecule has 2 unspecified atom stereocenters. The normalized spacial score (nSPS) is 21.9. The van der Waals surface area contributed by atoms with Crippen molar-refractivity contribution in [1.29, 1.82) is 0 Å². The molecule has 112 valence electrons. The molecule has 0 aliphatic carbocycles. The van der Waals surface area contributed by atoms with Crippen LogP contribution in [0.4, 0.5) is 0 Å². The Hall–Kier alpha value is -2.10.